The predicted molar refractivity (Wildman–Crippen MR) is 62.4 cm³/mol. The number of carbonyl (C=O) groups is 1. The first kappa shape index (κ1) is 13.6. The zero-order valence-electron chi connectivity index (χ0n) is 9.48. The highest BCUT2D eigenvalue weighted by Gasteiger charge is 2.15. The first-order valence-electron chi connectivity index (χ1n) is 5.23. The third-order valence-electron chi connectivity index (χ3n) is 2.06. The molecule has 0 fully saturated rings. The van der Waals surface area contributed by atoms with E-state index >= 15 is 0 Å². The molecule has 0 bridgehead atoms. The summed E-state index contributed by atoms with van der Waals surface area (Å²) < 4.78 is 4.93. The molecule has 0 amide bonds. The summed E-state index contributed by atoms with van der Waals surface area (Å²) in [6.45, 7) is -0.294. The number of esters is 1. The molecular weight excluding hydrogens is 240 g/mol. The van der Waals surface area contributed by atoms with Crippen LogP contribution in [0.1, 0.15) is 12.8 Å². The molecule has 7 nitrogen and oxygen atoms in total. The van der Waals surface area contributed by atoms with Gasteiger partial charge in [-0.15, -0.1) is 0 Å². The molecule has 18 heavy (non-hydrogen) atoms. The van der Waals surface area contributed by atoms with E-state index in [0.29, 0.717) is 5.75 Å². The zero-order chi connectivity index (χ0) is 13.4. The van der Waals surface area contributed by atoms with Gasteiger partial charge in [-0.1, -0.05) is 23.4 Å². The van der Waals surface area contributed by atoms with Gasteiger partial charge < -0.3 is 9.94 Å². The lowest BCUT2D eigenvalue weighted by Gasteiger charge is -2.04. The molecule has 0 saturated heterocycles. The maximum Gasteiger partial charge on any atom is 0.361 e. The fraction of sp³-hybridized carbons (Fsp3) is 0.273. The molecule has 1 aromatic carbocycles. The van der Waals surface area contributed by atoms with Crippen LogP contribution in [0.2, 0.25) is 0 Å². The summed E-state index contributed by atoms with van der Waals surface area (Å²) in [5, 5.41) is 21.6. The normalized spacial score (nSPS) is 11.0. The molecule has 0 aliphatic rings. The molecule has 0 atom stereocenters. The van der Waals surface area contributed by atoms with Crippen molar-refractivity contribution in [2.24, 2.45) is 5.16 Å². The molecule has 0 aromatic heterocycles. The van der Waals surface area contributed by atoms with Crippen LogP contribution in [0.4, 0.5) is 0 Å². The zero-order valence-corrected chi connectivity index (χ0v) is 9.48. The Bertz CT molecular complexity index is 444. The van der Waals surface area contributed by atoms with E-state index in [2.05, 4.69) is 5.16 Å². The van der Waals surface area contributed by atoms with E-state index < -0.39 is 10.9 Å². The Morgan fingerprint density at radius 2 is 2.06 bits per heavy atom. The molecule has 0 aliphatic heterocycles. The number of hydrogen-bond donors (Lipinski definition) is 1. The predicted octanol–water partition coefficient (Wildman–Crippen LogP) is 1.48. The quantitative estimate of drug-likeness (QED) is 0.206. The van der Waals surface area contributed by atoms with Crippen molar-refractivity contribution in [3.05, 3.63) is 40.4 Å². The van der Waals surface area contributed by atoms with Gasteiger partial charge in [0.05, 0.1) is 0 Å². The lowest BCUT2D eigenvalue weighted by molar-refractivity contribution is -0.480. The number of rotatable bonds is 6. The molecule has 1 rings (SSSR count). The molecule has 96 valence electrons. The Morgan fingerprint density at radius 3 is 2.61 bits per heavy atom. The second-order valence-electron chi connectivity index (χ2n) is 3.41. The second-order valence-corrected chi connectivity index (χ2v) is 3.41. The Kier molecular flexibility index (Phi) is 5.30. The summed E-state index contributed by atoms with van der Waals surface area (Å²) in [5.74, 6) is -0.495. The van der Waals surface area contributed by atoms with Gasteiger partial charge in [0.25, 0.3) is 0 Å². The van der Waals surface area contributed by atoms with Crippen molar-refractivity contribution in [1.29, 1.82) is 0 Å². The van der Waals surface area contributed by atoms with Gasteiger partial charge in [-0.2, -0.15) is 0 Å². The number of nitro groups is 1. The minimum absolute atomic E-state index is 0.0108. The Balaban J connectivity index is 2.50. The van der Waals surface area contributed by atoms with Crippen LogP contribution >= 0.6 is 0 Å². The summed E-state index contributed by atoms with van der Waals surface area (Å²) in [4.78, 5) is 21.2. The van der Waals surface area contributed by atoms with Gasteiger partial charge in [-0.25, -0.2) is 4.79 Å². The molecule has 0 heterocycles. The van der Waals surface area contributed by atoms with Crippen molar-refractivity contribution in [1.82, 2.24) is 0 Å². The van der Waals surface area contributed by atoms with Crippen molar-refractivity contribution >= 4 is 11.7 Å². The number of ether oxygens (including phenoxy) is 1. The first-order valence-corrected chi connectivity index (χ1v) is 5.23. The maximum atomic E-state index is 11.5. The third-order valence-corrected chi connectivity index (χ3v) is 2.06. The van der Waals surface area contributed by atoms with Crippen LogP contribution in [-0.4, -0.2) is 28.4 Å². The fourth-order valence-corrected chi connectivity index (χ4v) is 1.22. The average Bonchev–Trinajstić information content (AvgIpc) is 2.35. The van der Waals surface area contributed by atoms with Crippen molar-refractivity contribution < 1.29 is 19.7 Å². The van der Waals surface area contributed by atoms with Crippen LogP contribution in [0.5, 0.6) is 5.75 Å². The van der Waals surface area contributed by atoms with Gasteiger partial charge >= 0.3 is 5.97 Å². The summed E-state index contributed by atoms with van der Waals surface area (Å²) in [7, 11) is 0. The SMILES string of the molecule is O=C(Oc1ccccc1)/C(CCC[N+](=O)[O-])=N\O. The monoisotopic (exact) mass is 252 g/mol. The highest BCUT2D eigenvalue weighted by Crippen LogP contribution is 2.09. The molecule has 1 aromatic rings. The number of hydrogen-bond acceptors (Lipinski definition) is 6. The minimum atomic E-state index is -0.813. The van der Waals surface area contributed by atoms with E-state index in [4.69, 9.17) is 9.94 Å². The lowest BCUT2D eigenvalue weighted by Crippen LogP contribution is -2.21. The van der Waals surface area contributed by atoms with Crippen molar-refractivity contribution in [2.75, 3.05) is 6.54 Å². The van der Waals surface area contributed by atoms with E-state index in [1.165, 1.54) is 0 Å². The molecular formula is C11H12N2O5. The number of nitrogens with zero attached hydrogens (tertiary/aromatic N) is 2. The average molecular weight is 252 g/mol. The van der Waals surface area contributed by atoms with Gasteiger partial charge in [0, 0.05) is 17.8 Å². The molecule has 0 aliphatic carbocycles. The van der Waals surface area contributed by atoms with Gasteiger partial charge in [0.2, 0.25) is 6.54 Å². The van der Waals surface area contributed by atoms with Crippen LogP contribution in [0.3, 0.4) is 0 Å². The van der Waals surface area contributed by atoms with E-state index in [1.807, 2.05) is 0 Å². The summed E-state index contributed by atoms with van der Waals surface area (Å²) in [6.07, 6.45) is 0.0967. The van der Waals surface area contributed by atoms with Crippen molar-refractivity contribution in [3.63, 3.8) is 0 Å². The Morgan fingerprint density at radius 1 is 1.39 bits per heavy atom. The summed E-state index contributed by atoms with van der Waals surface area (Å²) in [6, 6.07) is 8.28. The van der Waals surface area contributed by atoms with Crippen LogP contribution in [0.15, 0.2) is 35.5 Å². The Labute approximate surface area is 103 Å². The number of para-hydroxylation sites is 1. The lowest BCUT2D eigenvalue weighted by atomic mass is 10.2. The van der Waals surface area contributed by atoms with Gasteiger partial charge in [0.15, 0.2) is 5.71 Å². The third kappa shape index (κ3) is 4.60. The highest BCUT2D eigenvalue weighted by molar-refractivity contribution is 6.36. The van der Waals surface area contributed by atoms with E-state index in [9.17, 15) is 14.9 Å². The first-order chi connectivity index (χ1) is 8.63. The van der Waals surface area contributed by atoms with E-state index in [1.54, 1.807) is 30.3 Å². The molecule has 0 spiro atoms. The highest BCUT2D eigenvalue weighted by atomic mass is 16.6. The van der Waals surface area contributed by atoms with E-state index in [0.717, 1.165) is 0 Å². The molecule has 0 radical (unpaired) electrons. The van der Waals surface area contributed by atoms with Crippen molar-refractivity contribution in [2.45, 2.75) is 12.8 Å². The maximum absolute atomic E-state index is 11.5. The Hall–Kier alpha value is -2.44. The number of benzene rings is 1. The molecule has 1 N–H and O–H groups in total. The number of oxime groups is 1. The van der Waals surface area contributed by atoms with Crippen LogP contribution in [0, 0.1) is 10.1 Å². The van der Waals surface area contributed by atoms with Crippen LogP contribution in [0.25, 0.3) is 0 Å². The standard InChI is InChI=1S/C11H12N2O5/c14-11(18-9-5-2-1-3-6-9)10(12-15)7-4-8-13(16)17/h1-3,5-6,15H,4,7-8H2/b12-10-. The molecule has 0 saturated carbocycles. The number of carbonyl (C=O) groups excluding carboxylic acids is 1. The summed E-state index contributed by atoms with van der Waals surface area (Å²) in [5.41, 5.74) is -0.235. The minimum Gasteiger partial charge on any atom is -0.422 e. The topological polar surface area (TPSA) is 102 Å². The fourth-order valence-electron chi connectivity index (χ4n) is 1.22. The molecule has 0 unspecified atom stereocenters. The smallest absolute Gasteiger partial charge is 0.361 e. The molecule has 7 heteroatoms. The van der Waals surface area contributed by atoms with Crippen LogP contribution in [-0.2, 0) is 4.79 Å². The van der Waals surface area contributed by atoms with Gasteiger partial charge in [-0.3, -0.25) is 10.1 Å². The van der Waals surface area contributed by atoms with Gasteiger partial charge in [-0.05, 0) is 12.1 Å². The van der Waals surface area contributed by atoms with Gasteiger partial charge in [0.1, 0.15) is 5.75 Å². The largest absolute Gasteiger partial charge is 0.422 e. The summed E-state index contributed by atoms with van der Waals surface area (Å²) >= 11 is 0. The van der Waals surface area contributed by atoms with Crippen LogP contribution < -0.4 is 4.74 Å². The van der Waals surface area contributed by atoms with E-state index in [-0.39, 0.29) is 25.1 Å². The van der Waals surface area contributed by atoms with Crippen molar-refractivity contribution in [3.8, 4) is 5.75 Å². The second kappa shape index (κ2) is 7.00.